The van der Waals surface area contributed by atoms with Crippen molar-refractivity contribution in [3.05, 3.63) is 36.0 Å². The smallest absolute Gasteiger partial charge is 0.140 e. The first-order valence-electron chi connectivity index (χ1n) is 6.91. The molecule has 2 aromatic heterocycles. The zero-order valence-electron chi connectivity index (χ0n) is 11.5. The molecule has 98 valence electrons. The van der Waals surface area contributed by atoms with Gasteiger partial charge in [0.2, 0.25) is 0 Å². The van der Waals surface area contributed by atoms with Crippen LogP contribution in [0.5, 0.6) is 0 Å². The van der Waals surface area contributed by atoms with Gasteiger partial charge in [0, 0.05) is 29.2 Å². The molecule has 2 heterocycles. The molecule has 19 heavy (non-hydrogen) atoms. The van der Waals surface area contributed by atoms with Crippen LogP contribution < -0.4 is 5.32 Å². The predicted molar refractivity (Wildman–Crippen MR) is 81.7 cm³/mol. The number of hydrogen-bond acceptors (Lipinski definition) is 2. The highest BCUT2D eigenvalue weighted by atomic mass is 14.9. The van der Waals surface area contributed by atoms with Crippen LogP contribution in [0.3, 0.4) is 0 Å². The molecule has 0 spiro atoms. The van der Waals surface area contributed by atoms with Gasteiger partial charge in [-0.15, -0.1) is 0 Å². The Morgan fingerprint density at radius 2 is 2.16 bits per heavy atom. The molecular formula is C16H19N3. The summed E-state index contributed by atoms with van der Waals surface area (Å²) in [5, 5.41) is 5.98. The zero-order valence-corrected chi connectivity index (χ0v) is 11.5. The van der Waals surface area contributed by atoms with E-state index < -0.39 is 0 Å². The van der Waals surface area contributed by atoms with E-state index >= 15 is 0 Å². The fourth-order valence-corrected chi connectivity index (χ4v) is 2.54. The van der Waals surface area contributed by atoms with E-state index in [-0.39, 0.29) is 0 Å². The van der Waals surface area contributed by atoms with E-state index in [0.717, 1.165) is 12.2 Å². The highest BCUT2D eigenvalue weighted by Crippen LogP contribution is 2.31. The average Bonchev–Trinajstić information content (AvgIpc) is 2.80. The summed E-state index contributed by atoms with van der Waals surface area (Å²) >= 11 is 0. The first kappa shape index (κ1) is 12.0. The molecule has 0 saturated heterocycles. The topological polar surface area (TPSA) is 40.7 Å². The van der Waals surface area contributed by atoms with Crippen molar-refractivity contribution < 1.29 is 0 Å². The van der Waals surface area contributed by atoms with Gasteiger partial charge in [-0.1, -0.05) is 31.5 Å². The van der Waals surface area contributed by atoms with Gasteiger partial charge in [-0.2, -0.15) is 0 Å². The number of nitrogens with one attached hydrogen (secondary N) is 2. The summed E-state index contributed by atoms with van der Waals surface area (Å²) in [6.07, 6.45) is 4.25. The Kier molecular flexibility index (Phi) is 3.11. The molecule has 3 aromatic rings. The lowest BCUT2D eigenvalue weighted by molar-refractivity contribution is 0.835. The summed E-state index contributed by atoms with van der Waals surface area (Å²) < 4.78 is 0. The predicted octanol–water partition coefficient (Wildman–Crippen LogP) is 4.24. The monoisotopic (exact) mass is 253 g/mol. The number of pyridine rings is 1. The second-order valence-corrected chi connectivity index (χ2v) is 4.98. The van der Waals surface area contributed by atoms with E-state index in [1.165, 1.54) is 40.4 Å². The second-order valence-electron chi connectivity index (χ2n) is 4.98. The number of hydrogen-bond donors (Lipinski definition) is 2. The fourth-order valence-electron chi connectivity index (χ4n) is 2.54. The van der Waals surface area contributed by atoms with Gasteiger partial charge in [0.1, 0.15) is 5.65 Å². The lowest BCUT2D eigenvalue weighted by atomic mass is 10.1. The van der Waals surface area contributed by atoms with Gasteiger partial charge in [-0.05, 0) is 25.0 Å². The number of rotatable bonds is 4. The first-order chi connectivity index (χ1) is 9.31. The van der Waals surface area contributed by atoms with Crippen molar-refractivity contribution in [2.45, 2.75) is 26.7 Å². The number of nitrogens with zero attached hydrogens (tertiary/aromatic N) is 1. The van der Waals surface area contributed by atoms with Crippen LogP contribution in [0.2, 0.25) is 0 Å². The van der Waals surface area contributed by atoms with E-state index in [1.54, 1.807) is 0 Å². The lowest BCUT2D eigenvalue weighted by Crippen LogP contribution is -2.01. The van der Waals surface area contributed by atoms with Gasteiger partial charge in [0.05, 0.1) is 5.52 Å². The standard InChI is InChI=1S/C16H19N3/c1-3-4-9-17-13-8-10-18-16-14(13)12-7-5-6-11(2)15(12)19-16/h5-8,10H,3-4,9H2,1-2H3,(H2,17,18,19). The Bertz CT molecular complexity index is 712. The third-order valence-electron chi connectivity index (χ3n) is 3.58. The van der Waals surface area contributed by atoms with E-state index in [4.69, 9.17) is 0 Å². The van der Waals surface area contributed by atoms with E-state index in [1.807, 2.05) is 6.20 Å². The number of unbranched alkanes of at least 4 members (excludes halogenated alkanes) is 1. The highest BCUT2D eigenvalue weighted by molar-refractivity contribution is 6.12. The summed E-state index contributed by atoms with van der Waals surface area (Å²) in [5.41, 5.74) is 4.59. The Morgan fingerprint density at radius 3 is 3.00 bits per heavy atom. The van der Waals surface area contributed by atoms with E-state index in [2.05, 4.69) is 53.4 Å². The Hall–Kier alpha value is -2.03. The Labute approximate surface area is 113 Å². The summed E-state index contributed by atoms with van der Waals surface area (Å²) in [6.45, 7) is 5.34. The molecule has 3 heteroatoms. The molecule has 3 nitrogen and oxygen atoms in total. The fraction of sp³-hybridized carbons (Fsp3) is 0.312. The minimum Gasteiger partial charge on any atom is -0.384 e. The summed E-state index contributed by atoms with van der Waals surface area (Å²) in [5.74, 6) is 0. The largest absolute Gasteiger partial charge is 0.384 e. The average molecular weight is 253 g/mol. The van der Waals surface area contributed by atoms with Crippen LogP contribution in [0.1, 0.15) is 25.3 Å². The molecule has 0 aliphatic carbocycles. The molecule has 0 atom stereocenters. The Balaban J connectivity index is 2.17. The molecule has 2 N–H and O–H groups in total. The molecule has 3 rings (SSSR count). The quantitative estimate of drug-likeness (QED) is 0.683. The molecule has 0 bridgehead atoms. The molecule has 0 fully saturated rings. The van der Waals surface area contributed by atoms with Crippen LogP contribution in [0, 0.1) is 6.92 Å². The van der Waals surface area contributed by atoms with Crippen LogP contribution in [0.15, 0.2) is 30.5 Å². The first-order valence-corrected chi connectivity index (χ1v) is 6.91. The molecule has 1 aromatic carbocycles. The van der Waals surface area contributed by atoms with Gasteiger partial charge < -0.3 is 10.3 Å². The second kappa shape index (κ2) is 4.92. The molecule has 0 aliphatic rings. The number of aryl methyl sites for hydroxylation is 1. The maximum Gasteiger partial charge on any atom is 0.140 e. The van der Waals surface area contributed by atoms with Gasteiger partial charge in [-0.3, -0.25) is 0 Å². The number of benzene rings is 1. The van der Waals surface area contributed by atoms with Gasteiger partial charge >= 0.3 is 0 Å². The van der Waals surface area contributed by atoms with Crippen LogP contribution >= 0.6 is 0 Å². The number of anilines is 1. The van der Waals surface area contributed by atoms with Crippen molar-refractivity contribution in [2.75, 3.05) is 11.9 Å². The minimum atomic E-state index is 0.964. The van der Waals surface area contributed by atoms with Crippen LogP contribution in [-0.2, 0) is 0 Å². The summed E-state index contributed by atoms with van der Waals surface area (Å²) in [7, 11) is 0. The van der Waals surface area contributed by atoms with E-state index in [9.17, 15) is 0 Å². The van der Waals surface area contributed by atoms with Crippen molar-refractivity contribution >= 4 is 27.6 Å². The number of fused-ring (bicyclic) bond motifs is 3. The van der Waals surface area contributed by atoms with Crippen molar-refractivity contribution in [3.63, 3.8) is 0 Å². The number of aromatic amines is 1. The maximum atomic E-state index is 4.45. The third kappa shape index (κ3) is 2.05. The van der Waals surface area contributed by atoms with Crippen LogP contribution in [0.4, 0.5) is 5.69 Å². The van der Waals surface area contributed by atoms with Crippen molar-refractivity contribution in [3.8, 4) is 0 Å². The van der Waals surface area contributed by atoms with Crippen molar-refractivity contribution in [2.24, 2.45) is 0 Å². The van der Waals surface area contributed by atoms with Gasteiger partial charge in [-0.25, -0.2) is 4.98 Å². The zero-order chi connectivity index (χ0) is 13.2. The summed E-state index contributed by atoms with van der Waals surface area (Å²) in [6, 6.07) is 8.46. The van der Waals surface area contributed by atoms with Crippen molar-refractivity contribution in [1.29, 1.82) is 0 Å². The Morgan fingerprint density at radius 1 is 1.26 bits per heavy atom. The normalized spacial score (nSPS) is 11.3. The highest BCUT2D eigenvalue weighted by Gasteiger charge is 2.10. The number of para-hydroxylation sites is 1. The van der Waals surface area contributed by atoms with Gasteiger partial charge in [0.25, 0.3) is 0 Å². The van der Waals surface area contributed by atoms with Crippen LogP contribution in [-0.4, -0.2) is 16.5 Å². The number of H-pyrrole nitrogens is 1. The maximum absolute atomic E-state index is 4.45. The molecular weight excluding hydrogens is 234 g/mol. The molecule has 0 unspecified atom stereocenters. The minimum absolute atomic E-state index is 0.964. The van der Waals surface area contributed by atoms with Crippen LogP contribution in [0.25, 0.3) is 21.9 Å². The molecule has 0 aliphatic heterocycles. The molecule has 0 amide bonds. The molecule has 0 saturated carbocycles. The third-order valence-corrected chi connectivity index (χ3v) is 3.58. The van der Waals surface area contributed by atoms with Gasteiger partial charge in [0.15, 0.2) is 0 Å². The number of aromatic nitrogens is 2. The summed E-state index contributed by atoms with van der Waals surface area (Å²) in [4.78, 5) is 7.88. The molecule has 0 radical (unpaired) electrons. The lowest BCUT2D eigenvalue weighted by Gasteiger charge is -2.06. The SMILES string of the molecule is CCCCNc1ccnc2[nH]c3c(C)cccc3c12. The van der Waals surface area contributed by atoms with Crippen molar-refractivity contribution in [1.82, 2.24) is 9.97 Å². The van der Waals surface area contributed by atoms with E-state index in [0.29, 0.717) is 0 Å².